The second-order valence-electron chi connectivity index (χ2n) is 5.22. The summed E-state index contributed by atoms with van der Waals surface area (Å²) in [6.45, 7) is 0.356. The highest BCUT2D eigenvalue weighted by Crippen LogP contribution is 2.26. The van der Waals surface area contributed by atoms with Gasteiger partial charge in [0.25, 0.3) is 11.8 Å². The van der Waals surface area contributed by atoms with Gasteiger partial charge < -0.3 is 15.3 Å². The number of benzene rings is 2. The molecule has 5 nitrogen and oxygen atoms in total. The second-order valence-corrected chi connectivity index (χ2v) is 5.22. The molecule has 5 heteroatoms. The van der Waals surface area contributed by atoms with E-state index in [0.29, 0.717) is 17.8 Å². The molecule has 1 unspecified atom stereocenters. The topological polar surface area (TPSA) is 69.6 Å². The summed E-state index contributed by atoms with van der Waals surface area (Å²) in [4.78, 5) is 26.1. The van der Waals surface area contributed by atoms with E-state index in [-0.39, 0.29) is 6.42 Å². The highest BCUT2D eigenvalue weighted by atomic mass is 16.3. The average molecular weight is 296 g/mol. The molecule has 2 N–H and O–H groups in total. The number of amides is 2. The molecule has 1 aliphatic rings. The van der Waals surface area contributed by atoms with E-state index in [4.69, 9.17) is 0 Å². The summed E-state index contributed by atoms with van der Waals surface area (Å²) in [6.07, 6.45) is 0.152. The normalized spacial score (nSPS) is 21.0. The van der Waals surface area contributed by atoms with Crippen molar-refractivity contribution in [3.63, 3.8) is 0 Å². The molecule has 2 aromatic carbocycles. The van der Waals surface area contributed by atoms with Gasteiger partial charge in [0.2, 0.25) is 5.72 Å². The molecule has 2 amide bonds. The number of nitrogens with zero attached hydrogens (tertiary/aromatic N) is 1. The Morgan fingerprint density at radius 2 is 1.64 bits per heavy atom. The van der Waals surface area contributed by atoms with Crippen molar-refractivity contribution in [1.82, 2.24) is 5.32 Å². The minimum atomic E-state index is -1.86. The molecule has 1 aliphatic heterocycles. The monoisotopic (exact) mass is 296 g/mol. The van der Waals surface area contributed by atoms with Gasteiger partial charge in [-0.05, 0) is 24.3 Å². The summed E-state index contributed by atoms with van der Waals surface area (Å²) in [5.41, 5.74) is -0.748. The predicted octanol–water partition coefficient (Wildman–Crippen LogP) is 1.54. The van der Waals surface area contributed by atoms with Crippen LogP contribution in [0.5, 0.6) is 0 Å². The molecule has 0 saturated carbocycles. The number of carbonyl (C=O) groups is 2. The van der Waals surface area contributed by atoms with Crippen molar-refractivity contribution in [2.45, 2.75) is 12.1 Å². The fourth-order valence-corrected chi connectivity index (χ4v) is 2.53. The lowest BCUT2D eigenvalue weighted by atomic mass is 10.1. The van der Waals surface area contributed by atoms with Crippen molar-refractivity contribution in [3.05, 3.63) is 66.2 Å². The molecule has 1 saturated heterocycles. The zero-order valence-electron chi connectivity index (χ0n) is 11.9. The quantitative estimate of drug-likeness (QED) is 0.844. The number of hydrogen-bond donors (Lipinski definition) is 2. The molecule has 0 spiro atoms. The Hall–Kier alpha value is -2.66. The first-order valence-electron chi connectivity index (χ1n) is 7.07. The van der Waals surface area contributed by atoms with Crippen LogP contribution in [0.4, 0.5) is 5.69 Å². The first kappa shape index (κ1) is 14.3. The van der Waals surface area contributed by atoms with Crippen molar-refractivity contribution in [2.75, 3.05) is 11.4 Å². The third-order valence-corrected chi connectivity index (χ3v) is 3.72. The smallest absolute Gasteiger partial charge is 0.280 e. The molecule has 0 aliphatic carbocycles. The fraction of sp³-hybridized carbons (Fsp3) is 0.176. The maximum atomic E-state index is 12.5. The van der Waals surface area contributed by atoms with Crippen molar-refractivity contribution in [2.24, 2.45) is 0 Å². The van der Waals surface area contributed by atoms with Gasteiger partial charge in [0, 0.05) is 24.2 Å². The molecule has 0 radical (unpaired) electrons. The van der Waals surface area contributed by atoms with Gasteiger partial charge in [0.05, 0.1) is 0 Å². The van der Waals surface area contributed by atoms with Crippen molar-refractivity contribution in [1.29, 1.82) is 0 Å². The highest BCUT2D eigenvalue weighted by molar-refractivity contribution is 6.05. The Morgan fingerprint density at radius 1 is 1.05 bits per heavy atom. The van der Waals surface area contributed by atoms with E-state index in [0.717, 1.165) is 0 Å². The predicted molar refractivity (Wildman–Crippen MR) is 82.3 cm³/mol. The lowest BCUT2D eigenvalue weighted by Crippen LogP contribution is -2.54. The largest absolute Gasteiger partial charge is 0.363 e. The molecule has 1 heterocycles. The molecule has 0 aromatic heterocycles. The van der Waals surface area contributed by atoms with Gasteiger partial charge in [-0.25, -0.2) is 0 Å². The molecule has 112 valence electrons. The number of rotatable bonds is 3. The van der Waals surface area contributed by atoms with Crippen LogP contribution in [-0.4, -0.2) is 29.2 Å². The van der Waals surface area contributed by atoms with Crippen LogP contribution >= 0.6 is 0 Å². The van der Waals surface area contributed by atoms with Gasteiger partial charge in [-0.1, -0.05) is 36.4 Å². The number of hydrogen-bond acceptors (Lipinski definition) is 3. The van der Waals surface area contributed by atoms with E-state index in [1.54, 1.807) is 42.5 Å². The van der Waals surface area contributed by atoms with Crippen LogP contribution in [-0.2, 0) is 4.79 Å². The molecule has 1 fully saturated rings. The van der Waals surface area contributed by atoms with E-state index >= 15 is 0 Å². The minimum Gasteiger partial charge on any atom is -0.363 e. The summed E-state index contributed by atoms with van der Waals surface area (Å²) in [5, 5.41) is 12.9. The second kappa shape index (κ2) is 5.61. The van der Waals surface area contributed by atoms with Crippen molar-refractivity contribution < 1.29 is 14.7 Å². The maximum absolute atomic E-state index is 12.5. The number of nitrogens with one attached hydrogen (secondary N) is 1. The number of anilines is 1. The SMILES string of the molecule is O=C(NC1(O)CCN(c2ccccc2)C1=O)c1ccccc1. The van der Waals surface area contributed by atoms with Crippen LogP contribution in [0.2, 0.25) is 0 Å². The fourth-order valence-electron chi connectivity index (χ4n) is 2.53. The van der Waals surface area contributed by atoms with Gasteiger partial charge in [-0.2, -0.15) is 0 Å². The lowest BCUT2D eigenvalue weighted by Gasteiger charge is -2.23. The van der Waals surface area contributed by atoms with E-state index in [1.807, 2.05) is 18.2 Å². The van der Waals surface area contributed by atoms with Gasteiger partial charge in [0.15, 0.2) is 0 Å². The Bertz CT molecular complexity index is 688. The molecule has 2 aromatic rings. The van der Waals surface area contributed by atoms with Crippen LogP contribution in [0, 0.1) is 0 Å². The van der Waals surface area contributed by atoms with Crippen molar-refractivity contribution >= 4 is 17.5 Å². The van der Waals surface area contributed by atoms with Crippen LogP contribution in [0.3, 0.4) is 0 Å². The number of carbonyl (C=O) groups excluding carboxylic acids is 2. The molecular weight excluding hydrogens is 280 g/mol. The van der Waals surface area contributed by atoms with E-state index < -0.39 is 17.5 Å². The summed E-state index contributed by atoms with van der Waals surface area (Å²) in [7, 11) is 0. The van der Waals surface area contributed by atoms with Gasteiger partial charge in [-0.15, -0.1) is 0 Å². The maximum Gasteiger partial charge on any atom is 0.280 e. The third-order valence-electron chi connectivity index (χ3n) is 3.72. The van der Waals surface area contributed by atoms with Crippen LogP contribution in [0.25, 0.3) is 0 Å². The van der Waals surface area contributed by atoms with E-state index in [2.05, 4.69) is 5.32 Å². The zero-order valence-corrected chi connectivity index (χ0v) is 11.9. The first-order chi connectivity index (χ1) is 10.6. The summed E-state index contributed by atoms with van der Waals surface area (Å²) in [6, 6.07) is 17.6. The Kier molecular flexibility index (Phi) is 3.65. The molecule has 3 rings (SSSR count). The van der Waals surface area contributed by atoms with Crippen LogP contribution in [0.1, 0.15) is 16.8 Å². The molecule has 1 atom stereocenters. The van der Waals surface area contributed by atoms with Gasteiger partial charge >= 0.3 is 0 Å². The highest BCUT2D eigenvalue weighted by Gasteiger charge is 2.47. The average Bonchev–Trinajstić information content (AvgIpc) is 2.84. The summed E-state index contributed by atoms with van der Waals surface area (Å²) in [5.74, 6) is -0.977. The summed E-state index contributed by atoms with van der Waals surface area (Å²) < 4.78 is 0. The van der Waals surface area contributed by atoms with Gasteiger partial charge in [-0.3, -0.25) is 9.59 Å². The standard InChI is InChI=1S/C17H16N2O3/c20-15(13-7-3-1-4-8-13)18-17(22)11-12-19(16(17)21)14-9-5-2-6-10-14/h1-10,22H,11-12H2,(H,18,20). The van der Waals surface area contributed by atoms with E-state index in [9.17, 15) is 14.7 Å². The van der Waals surface area contributed by atoms with Crippen LogP contribution < -0.4 is 10.2 Å². The number of aliphatic hydroxyl groups is 1. The lowest BCUT2D eigenvalue weighted by molar-refractivity contribution is -0.135. The number of para-hydroxylation sites is 1. The third kappa shape index (κ3) is 2.58. The van der Waals surface area contributed by atoms with E-state index in [1.165, 1.54) is 4.90 Å². The van der Waals surface area contributed by atoms with Crippen LogP contribution in [0.15, 0.2) is 60.7 Å². The summed E-state index contributed by atoms with van der Waals surface area (Å²) >= 11 is 0. The zero-order chi connectivity index (χ0) is 15.6. The minimum absolute atomic E-state index is 0.152. The Morgan fingerprint density at radius 3 is 2.27 bits per heavy atom. The molecule has 22 heavy (non-hydrogen) atoms. The molecule has 0 bridgehead atoms. The van der Waals surface area contributed by atoms with Gasteiger partial charge in [0.1, 0.15) is 0 Å². The molecular formula is C17H16N2O3. The Labute approximate surface area is 128 Å². The first-order valence-corrected chi connectivity index (χ1v) is 7.07. The van der Waals surface area contributed by atoms with Crippen molar-refractivity contribution in [3.8, 4) is 0 Å². The Balaban J connectivity index is 1.77.